The van der Waals surface area contributed by atoms with Gasteiger partial charge in [0.15, 0.2) is 6.61 Å². The van der Waals surface area contributed by atoms with Gasteiger partial charge < -0.3 is 18.9 Å². The molecule has 25 heavy (non-hydrogen) atoms. The second-order valence-electron chi connectivity index (χ2n) is 5.72. The quantitative estimate of drug-likeness (QED) is 0.666. The second kappa shape index (κ2) is 7.70. The predicted molar refractivity (Wildman–Crippen MR) is 90.8 cm³/mol. The fraction of sp³-hybridized carbons (Fsp3) is 0.263. The van der Waals surface area contributed by atoms with E-state index in [-0.39, 0.29) is 25.0 Å². The summed E-state index contributed by atoms with van der Waals surface area (Å²) >= 11 is 0. The van der Waals surface area contributed by atoms with E-state index in [2.05, 4.69) is 5.32 Å². The van der Waals surface area contributed by atoms with Crippen molar-refractivity contribution in [2.75, 3.05) is 6.61 Å². The van der Waals surface area contributed by atoms with Crippen LogP contribution in [-0.4, -0.2) is 18.5 Å². The molecule has 130 valence electrons. The zero-order valence-corrected chi connectivity index (χ0v) is 13.9. The van der Waals surface area contributed by atoms with Gasteiger partial charge in [-0.3, -0.25) is 9.59 Å². The fourth-order valence-corrected chi connectivity index (χ4v) is 2.47. The molecule has 0 fully saturated rings. The summed E-state index contributed by atoms with van der Waals surface area (Å²) in [5, 5.41) is 3.73. The van der Waals surface area contributed by atoms with Crippen LogP contribution >= 0.6 is 0 Å². The van der Waals surface area contributed by atoms with Crippen molar-refractivity contribution in [1.82, 2.24) is 5.32 Å². The van der Waals surface area contributed by atoms with Crippen LogP contribution in [0.4, 0.5) is 0 Å². The summed E-state index contributed by atoms with van der Waals surface area (Å²) in [6.07, 6.45) is 2.16. The Morgan fingerprint density at radius 3 is 2.80 bits per heavy atom. The van der Waals surface area contributed by atoms with E-state index in [4.69, 9.17) is 13.6 Å². The van der Waals surface area contributed by atoms with Crippen LogP contribution in [0.3, 0.4) is 0 Å². The normalized spacial score (nSPS) is 12.0. The molecule has 0 spiro atoms. The third kappa shape index (κ3) is 4.50. The first-order chi connectivity index (χ1) is 12.1. The number of para-hydroxylation sites is 1. The Labute approximate surface area is 144 Å². The molecule has 1 amide bonds. The number of carbonyl (C=O) groups excluding carboxylic acids is 2. The predicted octanol–water partition coefficient (Wildman–Crippen LogP) is 3.38. The summed E-state index contributed by atoms with van der Waals surface area (Å²) in [7, 11) is 0. The standard InChI is InChI=1S/C19H19NO5/c1-13(17-11-14-5-2-3-7-16(14)25-17)20-18(21)12-24-19(22)9-8-15-6-4-10-23-15/h2-7,10-11,13H,8-9,12H2,1H3,(H,20,21)/t13-/m1/s1. The van der Waals surface area contributed by atoms with Gasteiger partial charge in [-0.05, 0) is 31.2 Å². The molecular weight excluding hydrogens is 322 g/mol. The number of aryl methyl sites for hydroxylation is 1. The lowest BCUT2D eigenvalue weighted by molar-refractivity contribution is -0.148. The molecule has 6 nitrogen and oxygen atoms in total. The zero-order valence-electron chi connectivity index (χ0n) is 13.9. The van der Waals surface area contributed by atoms with Crippen molar-refractivity contribution in [2.24, 2.45) is 0 Å². The summed E-state index contributed by atoms with van der Waals surface area (Å²) in [5.41, 5.74) is 0.767. The number of esters is 1. The van der Waals surface area contributed by atoms with Crippen LogP contribution in [0.25, 0.3) is 11.0 Å². The first-order valence-electron chi connectivity index (χ1n) is 8.07. The number of benzene rings is 1. The molecule has 1 N–H and O–H groups in total. The Kier molecular flexibility index (Phi) is 5.18. The Balaban J connectivity index is 1.44. The maximum absolute atomic E-state index is 11.9. The van der Waals surface area contributed by atoms with Crippen molar-refractivity contribution in [3.63, 3.8) is 0 Å². The average molecular weight is 341 g/mol. The maximum Gasteiger partial charge on any atom is 0.306 e. The summed E-state index contributed by atoms with van der Waals surface area (Å²) < 4.78 is 15.8. The van der Waals surface area contributed by atoms with Gasteiger partial charge in [-0.2, -0.15) is 0 Å². The number of nitrogens with one attached hydrogen (secondary N) is 1. The van der Waals surface area contributed by atoms with Gasteiger partial charge in [0.2, 0.25) is 0 Å². The number of hydrogen-bond acceptors (Lipinski definition) is 5. The molecule has 2 aromatic heterocycles. The smallest absolute Gasteiger partial charge is 0.306 e. The lowest BCUT2D eigenvalue weighted by atomic mass is 10.2. The zero-order chi connectivity index (χ0) is 17.6. The molecule has 1 atom stereocenters. The number of rotatable bonds is 7. The van der Waals surface area contributed by atoms with E-state index in [1.54, 1.807) is 18.4 Å². The van der Waals surface area contributed by atoms with Crippen LogP contribution in [0, 0.1) is 0 Å². The molecule has 6 heteroatoms. The van der Waals surface area contributed by atoms with Crippen LogP contribution in [0.1, 0.15) is 30.9 Å². The number of carbonyl (C=O) groups is 2. The lowest BCUT2D eigenvalue weighted by Crippen LogP contribution is -2.31. The van der Waals surface area contributed by atoms with Crippen LogP contribution < -0.4 is 5.32 Å². The molecule has 1 aromatic carbocycles. The highest BCUT2D eigenvalue weighted by molar-refractivity contribution is 5.81. The van der Waals surface area contributed by atoms with Crippen molar-refractivity contribution in [3.05, 3.63) is 60.2 Å². The minimum absolute atomic E-state index is 0.167. The lowest BCUT2D eigenvalue weighted by Gasteiger charge is -2.11. The van der Waals surface area contributed by atoms with E-state index >= 15 is 0 Å². The molecule has 0 radical (unpaired) electrons. The van der Waals surface area contributed by atoms with E-state index in [1.165, 1.54) is 0 Å². The highest BCUT2D eigenvalue weighted by Crippen LogP contribution is 2.23. The average Bonchev–Trinajstić information content (AvgIpc) is 3.27. The number of amides is 1. The first-order valence-corrected chi connectivity index (χ1v) is 8.07. The summed E-state index contributed by atoms with van der Waals surface area (Å²) in [5.74, 6) is 0.542. The van der Waals surface area contributed by atoms with E-state index in [9.17, 15) is 9.59 Å². The molecule has 0 bridgehead atoms. The molecule has 0 saturated heterocycles. The number of fused-ring (bicyclic) bond motifs is 1. The fourth-order valence-electron chi connectivity index (χ4n) is 2.47. The third-order valence-corrected chi connectivity index (χ3v) is 3.77. The van der Waals surface area contributed by atoms with Gasteiger partial charge in [-0.1, -0.05) is 18.2 Å². The van der Waals surface area contributed by atoms with Gasteiger partial charge in [0.1, 0.15) is 17.1 Å². The van der Waals surface area contributed by atoms with Crippen molar-refractivity contribution < 1.29 is 23.2 Å². The largest absolute Gasteiger partial charge is 0.469 e. The molecule has 2 heterocycles. The van der Waals surface area contributed by atoms with Gasteiger partial charge in [0.25, 0.3) is 5.91 Å². The molecular formula is C19H19NO5. The Morgan fingerprint density at radius 2 is 2.04 bits per heavy atom. The Hall–Kier alpha value is -3.02. The molecule has 0 saturated carbocycles. The Bertz CT molecular complexity index is 817. The number of ether oxygens (including phenoxy) is 1. The number of furan rings is 2. The SMILES string of the molecule is C[C@@H](NC(=O)COC(=O)CCc1ccco1)c1cc2ccccc2o1. The summed E-state index contributed by atoms with van der Waals surface area (Å²) in [6.45, 7) is 1.50. The number of hydrogen-bond donors (Lipinski definition) is 1. The maximum atomic E-state index is 11.9. The molecule has 0 aliphatic rings. The second-order valence-corrected chi connectivity index (χ2v) is 5.72. The molecule has 3 aromatic rings. The van der Waals surface area contributed by atoms with Crippen molar-refractivity contribution in [1.29, 1.82) is 0 Å². The van der Waals surface area contributed by atoms with Gasteiger partial charge >= 0.3 is 5.97 Å². The highest BCUT2D eigenvalue weighted by atomic mass is 16.5. The molecule has 0 aliphatic heterocycles. The van der Waals surface area contributed by atoms with Gasteiger partial charge in [0, 0.05) is 11.8 Å². The van der Waals surface area contributed by atoms with Gasteiger partial charge in [-0.25, -0.2) is 0 Å². The van der Waals surface area contributed by atoms with E-state index in [1.807, 2.05) is 37.3 Å². The van der Waals surface area contributed by atoms with Crippen LogP contribution in [-0.2, 0) is 20.7 Å². The Morgan fingerprint density at radius 1 is 1.20 bits per heavy atom. The van der Waals surface area contributed by atoms with Crippen LogP contribution in [0.15, 0.2) is 57.6 Å². The van der Waals surface area contributed by atoms with Crippen molar-refractivity contribution in [2.45, 2.75) is 25.8 Å². The molecule has 3 rings (SSSR count). The summed E-state index contributed by atoms with van der Waals surface area (Å²) in [4.78, 5) is 23.6. The monoisotopic (exact) mass is 341 g/mol. The molecule has 0 unspecified atom stereocenters. The topological polar surface area (TPSA) is 81.7 Å². The van der Waals surface area contributed by atoms with E-state index in [0.29, 0.717) is 17.9 Å². The first kappa shape index (κ1) is 16.8. The van der Waals surface area contributed by atoms with Crippen LogP contribution in [0.5, 0.6) is 0 Å². The van der Waals surface area contributed by atoms with E-state index < -0.39 is 5.97 Å². The van der Waals surface area contributed by atoms with E-state index in [0.717, 1.165) is 11.0 Å². The van der Waals surface area contributed by atoms with Crippen LogP contribution in [0.2, 0.25) is 0 Å². The van der Waals surface area contributed by atoms with Crippen molar-refractivity contribution in [3.8, 4) is 0 Å². The minimum atomic E-state index is -0.442. The summed E-state index contributed by atoms with van der Waals surface area (Å²) in [6, 6.07) is 12.7. The van der Waals surface area contributed by atoms with Gasteiger partial charge in [0.05, 0.1) is 18.7 Å². The molecule has 0 aliphatic carbocycles. The highest BCUT2D eigenvalue weighted by Gasteiger charge is 2.15. The van der Waals surface area contributed by atoms with Crippen molar-refractivity contribution >= 4 is 22.8 Å². The third-order valence-electron chi connectivity index (χ3n) is 3.77. The van der Waals surface area contributed by atoms with Gasteiger partial charge in [-0.15, -0.1) is 0 Å². The minimum Gasteiger partial charge on any atom is -0.469 e.